The lowest BCUT2D eigenvalue weighted by Crippen LogP contribution is -2.36. The number of carbonyl (C=O) groups excluding carboxylic acids is 2. The second kappa shape index (κ2) is 7.33. The van der Waals surface area contributed by atoms with Gasteiger partial charge in [0.15, 0.2) is 0 Å². The van der Waals surface area contributed by atoms with E-state index in [0.717, 1.165) is 6.42 Å². The predicted molar refractivity (Wildman–Crippen MR) is 68.0 cm³/mol. The molecule has 3 N–H and O–H groups in total. The minimum absolute atomic E-state index is 0.0965. The van der Waals surface area contributed by atoms with Crippen LogP contribution >= 0.6 is 0 Å². The molecule has 18 heavy (non-hydrogen) atoms. The molecule has 104 valence electrons. The van der Waals surface area contributed by atoms with Crippen molar-refractivity contribution in [2.45, 2.75) is 45.3 Å². The first-order chi connectivity index (χ1) is 8.63. The van der Waals surface area contributed by atoms with Crippen LogP contribution in [0.25, 0.3) is 0 Å². The van der Waals surface area contributed by atoms with Crippen LogP contribution in [0.15, 0.2) is 0 Å². The van der Waals surface area contributed by atoms with Crippen molar-refractivity contribution in [1.82, 2.24) is 10.2 Å². The summed E-state index contributed by atoms with van der Waals surface area (Å²) in [7, 11) is 0. The Bertz CT molecular complexity index is 296. The zero-order valence-corrected chi connectivity index (χ0v) is 11.1. The topological polar surface area (TPSA) is 84.7 Å². The minimum Gasteiger partial charge on any atom is -0.377 e. The van der Waals surface area contributed by atoms with Crippen LogP contribution in [-0.2, 0) is 9.53 Å². The second-order valence-electron chi connectivity index (χ2n) is 4.38. The maximum Gasteiger partial charge on any atom is 0.324 e. The first-order valence-electron chi connectivity index (χ1n) is 6.57. The molecular weight excluding hydrogens is 234 g/mol. The third kappa shape index (κ3) is 3.68. The van der Waals surface area contributed by atoms with Gasteiger partial charge in [-0.2, -0.15) is 0 Å². The number of ether oxygens (including phenoxy) is 1. The molecule has 1 heterocycles. The first kappa shape index (κ1) is 14.9. The summed E-state index contributed by atoms with van der Waals surface area (Å²) in [6.45, 7) is 5.23. The average molecular weight is 257 g/mol. The van der Waals surface area contributed by atoms with Crippen molar-refractivity contribution in [3.05, 3.63) is 0 Å². The summed E-state index contributed by atoms with van der Waals surface area (Å²) in [6, 6.07) is -0.656. The van der Waals surface area contributed by atoms with E-state index in [1.165, 1.54) is 4.90 Å². The van der Waals surface area contributed by atoms with Gasteiger partial charge in [-0.3, -0.25) is 9.69 Å². The lowest BCUT2D eigenvalue weighted by molar-refractivity contribution is -0.127. The normalized spacial score (nSPS) is 21.3. The number of urea groups is 1. The third-order valence-electron chi connectivity index (χ3n) is 3.02. The number of rotatable bonds is 8. The number of nitrogens with two attached hydrogens (primary N) is 1. The van der Waals surface area contributed by atoms with Gasteiger partial charge in [0.25, 0.3) is 5.91 Å². The first-order valence-corrected chi connectivity index (χ1v) is 6.57. The van der Waals surface area contributed by atoms with Gasteiger partial charge in [0.05, 0.1) is 6.10 Å². The number of nitrogens with one attached hydrogen (secondary N) is 1. The van der Waals surface area contributed by atoms with Crippen molar-refractivity contribution in [3.63, 3.8) is 0 Å². The number of amides is 3. The van der Waals surface area contributed by atoms with E-state index in [1.54, 1.807) is 0 Å². The van der Waals surface area contributed by atoms with Gasteiger partial charge >= 0.3 is 6.03 Å². The number of imide groups is 1. The van der Waals surface area contributed by atoms with E-state index in [2.05, 4.69) is 5.32 Å². The van der Waals surface area contributed by atoms with E-state index >= 15 is 0 Å². The molecule has 2 unspecified atom stereocenters. The molecule has 6 nitrogen and oxygen atoms in total. The number of carbonyl (C=O) groups is 2. The second-order valence-corrected chi connectivity index (χ2v) is 4.38. The van der Waals surface area contributed by atoms with Crippen molar-refractivity contribution < 1.29 is 14.3 Å². The Kier molecular flexibility index (Phi) is 6.07. The van der Waals surface area contributed by atoms with Gasteiger partial charge in [-0.15, -0.1) is 0 Å². The molecule has 6 heteroatoms. The largest absolute Gasteiger partial charge is 0.377 e. The van der Waals surface area contributed by atoms with Crippen LogP contribution in [0.5, 0.6) is 0 Å². The summed E-state index contributed by atoms with van der Waals surface area (Å²) < 4.78 is 5.40. The van der Waals surface area contributed by atoms with Crippen molar-refractivity contribution in [3.8, 4) is 0 Å². The van der Waals surface area contributed by atoms with Crippen LogP contribution in [0.1, 0.15) is 33.1 Å². The number of nitrogens with zero attached hydrogens (tertiary/aromatic N) is 1. The van der Waals surface area contributed by atoms with E-state index in [-0.39, 0.29) is 24.1 Å². The van der Waals surface area contributed by atoms with Gasteiger partial charge in [-0.1, -0.05) is 13.3 Å². The quantitative estimate of drug-likeness (QED) is 0.619. The van der Waals surface area contributed by atoms with Gasteiger partial charge in [0, 0.05) is 19.7 Å². The van der Waals surface area contributed by atoms with E-state index in [4.69, 9.17) is 10.5 Å². The smallest absolute Gasteiger partial charge is 0.324 e. The molecule has 1 aliphatic rings. The standard InChI is InChI=1S/C12H23N3O3/c1-3-5-10-11(16)15(12(17)14-10)7-6-9(8-13)18-4-2/h9-10H,3-8,13H2,1-2H3,(H,14,17). The summed E-state index contributed by atoms with van der Waals surface area (Å²) in [5.41, 5.74) is 5.56. The maximum atomic E-state index is 11.9. The van der Waals surface area contributed by atoms with Gasteiger partial charge in [0.1, 0.15) is 6.04 Å². The molecule has 0 spiro atoms. The van der Waals surface area contributed by atoms with Crippen LogP contribution in [0.4, 0.5) is 4.79 Å². The maximum absolute atomic E-state index is 11.9. The molecule has 1 fully saturated rings. The number of hydrogen-bond donors (Lipinski definition) is 2. The summed E-state index contributed by atoms with van der Waals surface area (Å²) in [5, 5.41) is 2.69. The van der Waals surface area contributed by atoms with Crippen LogP contribution in [0.2, 0.25) is 0 Å². The van der Waals surface area contributed by atoms with E-state index in [0.29, 0.717) is 32.5 Å². The lowest BCUT2D eigenvalue weighted by Gasteiger charge is -2.18. The van der Waals surface area contributed by atoms with Crippen molar-refractivity contribution in [1.29, 1.82) is 0 Å². The van der Waals surface area contributed by atoms with Crippen LogP contribution in [0, 0.1) is 0 Å². The van der Waals surface area contributed by atoms with E-state index in [1.807, 2.05) is 13.8 Å². The number of hydrogen-bond acceptors (Lipinski definition) is 4. The SMILES string of the molecule is CCCC1NC(=O)N(CCC(CN)OCC)C1=O. The highest BCUT2D eigenvalue weighted by atomic mass is 16.5. The van der Waals surface area contributed by atoms with Crippen molar-refractivity contribution >= 4 is 11.9 Å². The summed E-state index contributed by atoms with van der Waals surface area (Å²) in [4.78, 5) is 24.9. The Morgan fingerprint density at radius 2 is 2.17 bits per heavy atom. The third-order valence-corrected chi connectivity index (χ3v) is 3.02. The van der Waals surface area contributed by atoms with E-state index in [9.17, 15) is 9.59 Å². The summed E-state index contributed by atoms with van der Waals surface area (Å²) >= 11 is 0. The fourth-order valence-corrected chi connectivity index (χ4v) is 2.05. The van der Waals surface area contributed by atoms with Crippen LogP contribution < -0.4 is 11.1 Å². The molecule has 1 saturated heterocycles. The highest BCUT2D eigenvalue weighted by Crippen LogP contribution is 2.12. The van der Waals surface area contributed by atoms with Crippen molar-refractivity contribution in [2.24, 2.45) is 5.73 Å². The molecule has 2 atom stereocenters. The molecule has 0 radical (unpaired) electrons. The zero-order valence-electron chi connectivity index (χ0n) is 11.1. The Morgan fingerprint density at radius 3 is 2.72 bits per heavy atom. The van der Waals surface area contributed by atoms with Gasteiger partial charge in [-0.05, 0) is 19.8 Å². The average Bonchev–Trinajstić information content (AvgIpc) is 2.61. The summed E-state index contributed by atoms with van der Waals surface area (Å²) in [5.74, 6) is -0.130. The highest BCUT2D eigenvalue weighted by molar-refractivity contribution is 6.04. The monoisotopic (exact) mass is 257 g/mol. The molecule has 1 aliphatic heterocycles. The van der Waals surface area contributed by atoms with Crippen molar-refractivity contribution in [2.75, 3.05) is 19.7 Å². The Morgan fingerprint density at radius 1 is 1.44 bits per heavy atom. The van der Waals surface area contributed by atoms with Crippen LogP contribution in [0.3, 0.4) is 0 Å². The molecule has 3 amide bonds. The Hall–Kier alpha value is -1.14. The fraction of sp³-hybridized carbons (Fsp3) is 0.833. The minimum atomic E-state index is -0.356. The lowest BCUT2D eigenvalue weighted by atomic mass is 10.1. The van der Waals surface area contributed by atoms with E-state index < -0.39 is 0 Å². The predicted octanol–water partition coefficient (Wildman–Crippen LogP) is 0.461. The molecule has 0 aromatic carbocycles. The molecule has 0 saturated carbocycles. The molecule has 0 aromatic heterocycles. The van der Waals surface area contributed by atoms with Gasteiger partial charge < -0.3 is 15.8 Å². The zero-order chi connectivity index (χ0) is 13.5. The summed E-state index contributed by atoms with van der Waals surface area (Å²) in [6.07, 6.45) is 2.05. The van der Waals surface area contributed by atoms with Gasteiger partial charge in [0.2, 0.25) is 0 Å². The highest BCUT2D eigenvalue weighted by Gasteiger charge is 2.36. The Labute approximate surface area is 108 Å². The molecule has 0 aliphatic carbocycles. The molecule has 0 aromatic rings. The van der Waals surface area contributed by atoms with Gasteiger partial charge in [-0.25, -0.2) is 4.79 Å². The fourth-order valence-electron chi connectivity index (χ4n) is 2.05. The Balaban J connectivity index is 2.46. The molecule has 1 rings (SSSR count). The van der Waals surface area contributed by atoms with Crippen LogP contribution in [-0.4, -0.2) is 48.7 Å². The molecular formula is C12H23N3O3. The molecule has 0 bridgehead atoms.